The van der Waals surface area contributed by atoms with Gasteiger partial charge < -0.3 is 10.4 Å². The summed E-state index contributed by atoms with van der Waals surface area (Å²) in [6.45, 7) is 3.50. The second kappa shape index (κ2) is 5.30. The molecule has 1 aromatic heterocycles. The molecule has 0 aliphatic heterocycles. The van der Waals surface area contributed by atoms with Crippen LogP contribution in [0, 0.1) is 11.3 Å². The fourth-order valence-corrected chi connectivity index (χ4v) is 1.58. The molecule has 0 aliphatic carbocycles. The number of nitrogens with one attached hydrogen (secondary N) is 1. The minimum atomic E-state index is -1.10. The first-order valence-corrected chi connectivity index (χ1v) is 5.40. The zero-order valence-electron chi connectivity index (χ0n) is 9.90. The van der Waals surface area contributed by atoms with Gasteiger partial charge in [-0.2, -0.15) is 5.26 Å². The first kappa shape index (κ1) is 13.0. The maximum absolute atomic E-state index is 11.2. The number of hydrogen-bond acceptors (Lipinski definition) is 4. The van der Waals surface area contributed by atoms with Crippen molar-refractivity contribution in [1.82, 2.24) is 4.98 Å². The van der Waals surface area contributed by atoms with Gasteiger partial charge in [0, 0.05) is 6.20 Å². The minimum Gasteiger partial charge on any atom is -0.480 e. The van der Waals surface area contributed by atoms with E-state index in [-0.39, 0.29) is 0 Å². The predicted molar refractivity (Wildman–Crippen MR) is 63.5 cm³/mol. The standard InChI is InChI=1S/C12H15N3O2/c1-3-6-12(2,11(16)17)15-10-9(8-13)5-4-7-14-10/h4-5,7H,3,6H2,1-2H3,(H,14,15)(H,16,17). The number of rotatable bonds is 5. The van der Waals surface area contributed by atoms with E-state index in [9.17, 15) is 9.90 Å². The number of aromatic nitrogens is 1. The molecule has 0 aromatic carbocycles. The number of nitriles is 1. The number of carboxylic acid groups (broad SMARTS) is 1. The largest absolute Gasteiger partial charge is 0.480 e. The number of carbonyl (C=O) groups is 1. The normalized spacial score (nSPS) is 13.5. The van der Waals surface area contributed by atoms with Crippen LogP contribution >= 0.6 is 0 Å². The van der Waals surface area contributed by atoms with Crippen LogP contribution in [-0.4, -0.2) is 21.6 Å². The van der Waals surface area contributed by atoms with Crippen molar-refractivity contribution in [3.63, 3.8) is 0 Å². The first-order chi connectivity index (χ1) is 8.03. The summed E-state index contributed by atoms with van der Waals surface area (Å²) in [5.74, 6) is -0.637. The lowest BCUT2D eigenvalue weighted by Gasteiger charge is -2.26. The molecule has 17 heavy (non-hydrogen) atoms. The Morgan fingerprint density at radius 2 is 2.41 bits per heavy atom. The summed E-state index contributed by atoms with van der Waals surface area (Å²) in [6.07, 6.45) is 2.71. The summed E-state index contributed by atoms with van der Waals surface area (Å²) >= 11 is 0. The van der Waals surface area contributed by atoms with Crippen molar-refractivity contribution >= 4 is 11.8 Å². The molecule has 1 rings (SSSR count). The van der Waals surface area contributed by atoms with Crippen LogP contribution in [-0.2, 0) is 4.79 Å². The van der Waals surface area contributed by atoms with E-state index < -0.39 is 11.5 Å². The van der Waals surface area contributed by atoms with Crippen molar-refractivity contribution in [3.05, 3.63) is 23.9 Å². The Morgan fingerprint density at radius 1 is 1.71 bits per heavy atom. The third-order valence-corrected chi connectivity index (χ3v) is 2.54. The fraction of sp³-hybridized carbons (Fsp3) is 0.417. The Labute approximate surface area is 100 Å². The number of anilines is 1. The van der Waals surface area contributed by atoms with Crippen molar-refractivity contribution in [2.75, 3.05) is 5.32 Å². The molecule has 0 fully saturated rings. The molecular formula is C12H15N3O2. The Morgan fingerprint density at radius 3 is 2.94 bits per heavy atom. The Hall–Kier alpha value is -2.09. The highest BCUT2D eigenvalue weighted by Crippen LogP contribution is 2.21. The SMILES string of the molecule is CCCC(C)(Nc1ncccc1C#N)C(=O)O. The van der Waals surface area contributed by atoms with Crippen molar-refractivity contribution < 1.29 is 9.90 Å². The number of carboxylic acids is 1. The number of nitrogens with zero attached hydrogens (tertiary/aromatic N) is 2. The van der Waals surface area contributed by atoms with Crippen molar-refractivity contribution in [1.29, 1.82) is 5.26 Å². The van der Waals surface area contributed by atoms with Crippen LogP contribution in [0.3, 0.4) is 0 Å². The number of hydrogen-bond donors (Lipinski definition) is 2. The summed E-state index contributed by atoms with van der Waals surface area (Å²) < 4.78 is 0. The van der Waals surface area contributed by atoms with Crippen LogP contribution < -0.4 is 5.32 Å². The van der Waals surface area contributed by atoms with E-state index in [1.54, 1.807) is 19.1 Å². The van der Waals surface area contributed by atoms with E-state index in [0.29, 0.717) is 17.8 Å². The summed E-state index contributed by atoms with van der Waals surface area (Å²) in [5.41, 5.74) is -0.759. The molecule has 90 valence electrons. The summed E-state index contributed by atoms with van der Waals surface area (Å²) in [5, 5.41) is 21.0. The molecule has 0 aliphatic rings. The Kier molecular flexibility index (Phi) is 4.05. The number of aliphatic carboxylic acids is 1. The molecular weight excluding hydrogens is 218 g/mol. The lowest BCUT2D eigenvalue weighted by Crippen LogP contribution is -2.43. The molecule has 2 N–H and O–H groups in total. The van der Waals surface area contributed by atoms with E-state index in [1.165, 1.54) is 6.20 Å². The topological polar surface area (TPSA) is 86.0 Å². The van der Waals surface area contributed by atoms with Crippen LogP contribution in [0.2, 0.25) is 0 Å². The van der Waals surface area contributed by atoms with Gasteiger partial charge in [-0.1, -0.05) is 13.3 Å². The predicted octanol–water partition coefficient (Wildman–Crippen LogP) is 2.01. The molecule has 0 saturated heterocycles. The second-order valence-electron chi connectivity index (χ2n) is 4.02. The number of pyridine rings is 1. The van der Waals surface area contributed by atoms with Gasteiger partial charge in [0.05, 0.1) is 5.56 Å². The third kappa shape index (κ3) is 2.94. The molecule has 0 saturated carbocycles. The van der Waals surface area contributed by atoms with Crippen molar-refractivity contribution in [2.24, 2.45) is 0 Å². The van der Waals surface area contributed by atoms with Crippen LogP contribution in [0.15, 0.2) is 18.3 Å². The molecule has 0 bridgehead atoms. The highest BCUT2D eigenvalue weighted by molar-refractivity contribution is 5.82. The van der Waals surface area contributed by atoms with E-state index in [2.05, 4.69) is 10.3 Å². The fourth-order valence-electron chi connectivity index (χ4n) is 1.58. The van der Waals surface area contributed by atoms with Crippen molar-refractivity contribution in [2.45, 2.75) is 32.2 Å². The Bertz CT molecular complexity index is 453. The Balaban J connectivity index is 3.02. The van der Waals surface area contributed by atoms with Gasteiger partial charge in [0.1, 0.15) is 17.4 Å². The molecule has 5 heteroatoms. The van der Waals surface area contributed by atoms with E-state index in [0.717, 1.165) is 6.42 Å². The van der Waals surface area contributed by atoms with E-state index in [4.69, 9.17) is 5.26 Å². The van der Waals surface area contributed by atoms with Gasteiger partial charge in [-0.3, -0.25) is 0 Å². The maximum atomic E-state index is 11.2. The zero-order valence-corrected chi connectivity index (χ0v) is 9.90. The third-order valence-electron chi connectivity index (χ3n) is 2.54. The summed E-state index contributed by atoms with van der Waals surface area (Å²) in [7, 11) is 0. The molecule has 5 nitrogen and oxygen atoms in total. The quantitative estimate of drug-likeness (QED) is 0.812. The second-order valence-corrected chi connectivity index (χ2v) is 4.02. The van der Waals surface area contributed by atoms with Gasteiger partial charge in [-0.05, 0) is 25.5 Å². The molecule has 0 amide bonds. The molecule has 0 spiro atoms. The minimum absolute atomic E-state index is 0.313. The molecule has 1 unspecified atom stereocenters. The van der Waals surface area contributed by atoms with Crippen LogP contribution in [0.25, 0.3) is 0 Å². The van der Waals surface area contributed by atoms with Gasteiger partial charge >= 0.3 is 5.97 Å². The summed E-state index contributed by atoms with van der Waals surface area (Å²) in [6, 6.07) is 5.22. The van der Waals surface area contributed by atoms with Crippen LogP contribution in [0.1, 0.15) is 32.3 Å². The molecule has 1 atom stereocenters. The average molecular weight is 233 g/mol. The van der Waals surface area contributed by atoms with E-state index >= 15 is 0 Å². The molecule has 0 radical (unpaired) electrons. The van der Waals surface area contributed by atoms with Crippen LogP contribution in [0.4, 0.5) is 5.82 Å². The summed E-state index contributed by atoms with van der Waals surface area (Å²) in [4.78, 5) is 15.2. The zero-order chi connectivity index (χ0) is 12.9. The monoisotopic (exact) mass is 233 g/mol. The van der Waals surface area contributed by atoms with Crippen LogP contribution in [0.5, 0.6) is 0 Å². The lowest BCUT2D eigenvalue weighted by atomic mass is 9.96. The van der Waals surface area contributed by atoms with Gasteiger partial charge in [-0.25, -0.2) is 9.78 Å². The smallest absolute Gasteiger partial charge is 0.329 e. The van der Waals surface area contributed by atoms with Gasteiger partial charge in [0.15, 0.2) is 0 Å². The van der Waals surface area contributed by atoms with Gasteiger partial charge in [0.25, 0.3) is 0 Å². The van der Waals surface area contributed by atoms with Gasteiger partial charge in [-0.15, -0.1) is 0 Å². The van der Waals surface area contributed by atoms with Gasteiger partial charge in [0.2, 0.25) is 0 Å². The highest BCUT2D eigenvalue weighted by atomic mass is 16.4. The molecule has 1 heterocycles. The van der Waals surface area contributed by atoms with E-state index in [1.807, 2.05) is 13.0 Å². The maximum Gasteiger partial charge on any atom is 0.329 e. The first-order valence-electron chi connectivity index (χ1n) is 5.40. The highest BCUT2D eigenvalue weighted by Gasteiger charge is 2.32. The lowest BCUT2D eigenvalue weighted by molar-refractivity contribution is -0.142. The average Bonchev–Trinajstić information content (AvgIpc) is 2.30. The molecule has 1 aromatic rings. The van der Waals surface area contributed by atoms with Crippen molar-refractivity contribution in [3.8, 4) is 6.07 Å².